The molecule has 0 aliphatic rings. The summed E-state index contributed by atoms with van der Waals surface area (Å²) in [5.74, 6) is 0.991. The summed E-state index contributed by atoms with van der Waals surface area (Å²) in [6, 6.07) is 25.2. The lowest BCUT2D eigenvalue weighted by molar-refractivity contribution is 0.164. The molecule has 0 radical (unpaired) electrons. The summed E-state index contributed by atoms with van der Waals surface area (Å²) in [4.78, 5) is 2.27. The molecule has 0 aromatic heterocycles. The standard InChI is InChI=1S/C27H32FNO2/c1-21(19-29(15-16-30)20-22-9-4-3-5-10-22)26(23-12-8-13-25(28)17-23)18-24-11-6-7-14-27(24)31-2/h3-14,17,21,26,30H,15-16,18-20H2,1-2H3/t21?,26-/m1/s1. The van der Waals surface area contributed by atoms with Crippen LogP contribution >= 0.6 is 0 Å². The Balaban J connectivity index is 1.84. The number of halogens is 1. The quantitative estimate of drug-likeness (QED) is 0.457. The smallest absolute Gasteiger partial charge is 0.123 e. The van der Waals surface area contributed by atoms with E-state index >= 15 is 0 Å². The van der Waals surface area contributed by atoms with Crippen molar-refractivity contribution in [1.29, 1.82) is 0 Å². The maximum absolute atomic E-state index is 14.1. The number of aliphatic hydroxyl groups excluding tert-OH is 1. The van der Waals surface area contributed by atoms with Crippen LogP contribution in [0.1, 0.15) is 29.5 Å². The Morgan fingerprint density at radius 3 is 2.42 bits per heavy atom. The third-order valence-electron chi connectivity index (χ3n) is 5.81. The summed E-state index contributed by atoms with van der Waals surface area (Å²) in [5, 5.41) is 9.62. The number of rotatable bonds is 11. The second-order valence-corrected chi connectivity index (χ2v) is 8.10. The minimum absolute atomic E-state index is 0.108. The molecular weight excluding hydrogens is 389 g/mol. The minimum Gasteiger partial charge on any atom is -0.496 e. The summed E-state index contributed by atoms with van der Waals surface area (Å²) in [6.07, 6.45) is 0.757. The maximum Gasteiger partial charge on any atom is 0.123 e. The lowest BCUT2D eigenvalue weighted by Gasteiger charge is -2.31. The average Bonchev–Trinajstić information content (AvgIpc) is 2.78. The molecule has 0 bridgehead atoms. The molecule has 0 amide bonds. The predicted molar refractivity (Wildman–Crippen MR) is 124 cm³/mol. The molecular formula is C27H32FNO2. The van der Waals surface area contributed by atoms with Crippen LogP contribution in [0.2, 0.25) is 0 Å². The van der Waals surface area contributed by atoms with Crippen LogP contribution < -0.4 is 4.74 Å². The highest BCUT2D eigenvalue weighted by molar-refractivity contribution is 5.36. The molecule has 0 aliphatic carbocycles. The number of hydrogen-bond donors (Lipinski definition) is 1. The lowest BCUT2D eigenvalue weighted by Crippen LogP contribution is -2.33. The van der Waals surface area contributed by atoms with Crippen molar-refractivity contribution in [2.24, 2.45) is 5.92 Å². The fourth-order valence-corrected chi connectivity index (χ4v) is 4.25. The number of benzene rings is 3. The first kappa shape index (κ1) is 23.0. The Labute approximate surface area is 185 Å². The lowest BCUT2D eigenvalue weighted by atomic mass is 9.81. The summed E-state index contributed by atoms with van der Waals surface area (Å²) in [5.41, 5.74) is 3.32. The molecule has 0 heterocycles. The molecule has 0 aliphatic heterocycles. The van der Waals surface area contributed by atoms with Gasteiger partial charge in [-0.15, -0.1) is 0 Å². The van der Waals surface area contributed by atoms with Crippen molar-refractivity contribution in [3.8, 4) is 5.75 Å². The van der Waals surface area contributed by atoms with Crippen molar-refractivity contribution < 1.29 is 14.2 Å². The summed E-state index contributed by atoms with van der Waals surface area (Å²) in [6.45, 7) is 4.49. The number of aliphatic hydroxyl groups is 1. The van der Waals surface area contributed by atoms with E-state index in [0.29, 0.717) is 6.54 Å². The molecule has 3 nitrogen and oxygen atoms in total. The first-order valence-corrected chi connectivity index (χ1v) is 10.8. The number of nitrogens with zero attached hydrogens (tertiary/aromatic N) is 1. The molecule has 0 saturated heterocycles. The van der Waals surface area contributed by atoms with Crippen LogP contribution in [0.4, 0.5) is 4.39 Å². The van der Waals surface area contributed by atoms with E-state index in [-0.39, 0.29) is 24.3 Å². The molecule has 3 aromatic rings. The summed E-state index contributed by atoms with van der Waals surface area (Å²) in [7, 11) is 1.68. The topological polar surface area (TPSA) is 32.7 Å². The van der Waals surface area contributed by atoms with Crippen molar-refractivity contribution in [2.75, 3.05) is 26.8 Å². The van der Waals surface area contributed by atoms with Gasteiger partial charge in [0, 0.05) is 19.6 Å². The van der Waals surface area contributed by atoms with E-state index in [1.165, 1.54) is 11.6 Å². The van der Waals surface area contributed by atoms with E-state index in [1.807, 2.05) is 42.5 Å². The fraction of sp³-hybridized carbons (Fsp3) is 0.333. The zero-order chi connectivity index (χ0) is 22.1. The Bertz CT molecular complexity index is 931. The third kappa shape index (κ3) is 6.65. The van der Waals surface area contributed by atoms with Crippen LogP contribution in [0, 0.1) is 11.7 Å². The molecule has 1 unspecified atom stereocenters. The Morgan fingerprint density at radius 1 is 0.968 bits per heavy atom. The van der Waals surface area contributed by atoms with Gasteiger partial charge in [0.25, 0.3) is 0 Å². The normalized spacial score (nSPS) is 13.2. The van der Waals surface area contributed by atoms with Gasteiger partial charge in [-0.05, 0) is 53.1 Å². The van der Waals surface area contributed by atoms with Crippen molar-refractivity contribution in [3.63, 3.8) is 0 Å². The van der Waals surface area contributed by atoms with E-state index in [2.05, 4.69) is 30.0 Å². The van der Waals surface area contributed by atoms with Gasteiger partial charge in [-0.2, -0.15) is 0 Å². The SMILES string of the molecule is COc1ccccc1C[C@@H](c1cccc(F)c1)C(C)CN(CCO)Cc1ccccc1. The van der Waals surface area contributed by atoms with Crippen LogP contribution in [0.5, 0.6) is 5.75 Å². The molecule has 0 fully saturated rings. The Morgan fingerprint density at radius 2 is 1.71 bits per heavy atom. The largest absolute Gasteiger partial charge is 0.496 e. The van der Waals surface area contributed by atoms with Gasteiger partial charge in [0.2, 0.25) is 0 Å². The molecule has 4 heteroatoms. The number of ether oxygens (including phenoxy) is 1. The van der Waals surface area contributed by atoms with Crippen LogP contribution in [0.3, 0.4) is 0 Å². The van der Waals surface area contributed by atoms with Gasteiger partial charge >= 0.3 is 0 Å². The van der Waals surface area contributed by atoms with Gasteiger partial charge in [0.15, 0.2) is 0 Å². The average molecular weight is 422 g/mol. The zero-order valence-electron chi connectivity index (χ0n) is 18.4. The van der Waals surface area contributed by atoms with Crippen LogP contribution in [-0.4, -0.2) is 36.8 Å². The predicted octanol–water partition coefficient (Wildman–Crippen LogP) is 5.29. The van der Waals surface area contributed by atoms with Gasteiger partial charge in [-0.25, -0.2) is 4.39 Å². The van der Waals surface area contributed by atoms with E-state index in [1.54, 1.807) is 19.2 Å². The van der Waals surface area contributed by atoms with Gasteiger partial charge in [-0.3, -0.25) is 4.90 Å². The van der Waals surface area contributed by atoms with E-state index in [9.17, 15) is 9.50 Å². The molecule has 3 rings (SSSR count). The first-order valence-electron chi connectivity index (χ1n) is 10.8. The van der Waals surface area contributed by atoms with Crippen LogP contribution in [-0.2, 0) is 13.0 Å². The van der Waals surface area contributed by atoms with Crippen molar-refractivity contribution in [3.05, 3.63) is 101 Å². The van der Waals surface area contributed by atoms with Gasteiger partial charge in [-0.1, -0.05) is 67.6 Å². The second kappa shape index (κ2) is 11.6. The maximum atomic E-state index is 14.1. The molecule has 2 atom stereocenters. The third-order valence-corrected chi connectivity index (χ3v) is 5.81. The van der Waals surface area contributed by atoms with E-state index in [4.69, 9.17) is 4.74 Å². The first-order chi connectivity index (χ1) is 15.1. The summed E-state index contributed by atoms with van der Waals surface area (Å²) >= 11 is 0. The highest BCUT2D eigenvalue weighted by atomic mass is 19.1. The fourth-order valence-electron chi connectivity index (χ4n) is 4.25. The molecule has 1 N–H and O–H groups in total. The number of para-hydroxylation sites is 1. The van der Waals surface area contributed by atoms with Crippen molar-refractivity contribution >= 4 is 0 Å². The second-order valence-electron chi connectivity index (χ2n) is 8.10. The monoisotopic (exact) mass is 421 g/mol. The molecule has 31 heavy (non-hydrogen) atoms. The molecule has 164 valence electrons. The van der Waals surface area contributed by atoms with Crippen LogP contribution in [0.25, 0.3) is 0 Å². The van der Waals surface area contributed by atoms with Gasteiger partial charge < -0.3 is 9.84 Å². The van der Waals surface area contributed by atoms with Crippen molar-refractivity contribution in [2.45, 2.75) is 25.8 Å². The van der Waals surface area contributed by atoms with E-state index < -0.39 is 0 Å². The molecule has 3 aromatic carbocycles. The molecule has 0 spiro atoms. The minimum atomic E-state index is -0.216. The molecule has 0 saturated carbocycles. The summed E-state index contributed by atoms with van der Waals surface area (Å²) < 4.78 is 19.6. The highest BCUT2D eigenvalue weighted by Gasteiger charge is 2.24. The zero-order valence-corrected chi connectivity index (χ0v) is 18.4. The van der Waals surface area contributed by atoms with Gasteiger partial charge in [0.05, 0.1) is 13.7 Å². The Hall–Kier alpha value is -2.69. The van der Waals surface area contributed by atoms with Gasteiger partial charge in [0.1, 0.15) is 11.6 Å². The number of hydrogen-bond acceptors (Lipinski definition) is 3. The highest BCUT2D eigenvalue weighted by Crippen LogP contribution is 2.33. The van der Waals surface area contributed by atoms with E-state index in [0.717, 1.165) is 36.4 Å². The van der Waals surface area contributed by atoms with Crippen LogP contribution in [0.15, 0.2) is 78.9 Å². The number of methoxy groups -OCH3 is 1. The van der Waals surface area contributed by atoms with Crippen molar-refractivity contribution in [1.82, 2.24) is 4.90 Å². The Kier molecular flexibility index (Phi) is 8.63.